The molecule has 1 atom stereocenters. The van der Waals surface area contributed by atoms with Gasteiger partial charge in [-0.15, -0.1) is 0 Å². The maximum Gasteiger partial charge on any atom is 0.251 e. The summed E-state index contributed by atoms with van der Waals surface area (Å²) in [5.74, 6) is -0.213. The molecule has 5 heteroatoms. The first kappa shape index (κ1) is 17.3. The van der Waals surface area contributed by atoms with Crippen molar-refractivity contribution in [1.82, 2.24) is 15.2 Å². The van der Waals surface area contributed by atoms with Crippen LogP contribution < -0.4 is 5.32 Å². The molecule has 1 fully saturated rings. The molecule has 3 aromatic rings. The molecule has 0 saturated carbocycles. The van der Waals surface area contributed by atoms with Gasteiger partial charge in [0.25, 0.3) is 5.91 Å². The molecule has 0 aliphatic carbocycles. The number of likely N-dealkylation sites (tertiary alicyclic amines) is 1. The highest BCUT2D eigenvalue weighted by molar-refractivity contribution is 5.98. The largest absolute Gasteiger partial charge is 0.361 e. The first-order valence-electron chi connectivity index (χ1n) is 9.42. The van der Waals surface area contributed by atoms with Crippen LogP contribution in [0.25, 0.3) is 10.9 Å². The zero-order chi connectivity index (χ0) is 18.6. The third-order valence-electron chi connectivity index (χ3n) is 5.16. The summed E-state index contributed by atoms with van der Waals surface area (Å²) in [6.45, 7) is 1.54. The van der Waals surface area contributed by atoms with Crippen LogP contribution in [-0.2, 0) is 11.2 Å². The van der Waals surface area contributed by atoms with Crippen LogP contribution in [0, 0.1) is 0 Å². The van der Waals surface area contributed by atoms with Crippen molar-refractivity contribution in [2.24, 2.45) is 0 Å². The fourth-order valence-corrected chi connectivity index (χ4v) is 3.71. The number of fused-ring (bicyclic) bond motifs is 1. The van der Waals surface area contributed by atoms with Crippen LogP contribution in [0.5, 0.6) is 0 Å². The number of H-pyrrole nitrogens is 1. The fourth-order valence-electron chi connectivity index (χ4n) is 3.71. The Morgan fingerprint density at radius 2 is 1.70 bits per heavy atom. The number of carbonyl (C=O) groups is 2. The van der Waals surface area contributed by atoms with Crippen LogP contribution in [0.15, 0.2) is 60.8 Å². The summed E-state index contributed by atoms with van der Waals surface area (Å²) in [4.78, 5) is 30.9. The Morgan fingerprint density at radius 3 is 2.48 bits per heavy atom. The average molecular weight is 361 g/mol. The minimum atomic E-state index is -0.574. The third kappa shape index (κ3) is 3.72. The highest BCUT2D eigenvalue weighted by Gasteiger charge is 2.29. The SMILES string of the molecule is O=C(N[C@@H](Cc1c[nH]c2ccccc12)C(=O)N1CCCC1)c1ccccc1. The van der Waals surface area contributed by atoms with Crippen molar-refractivity contribution in [3.63, 3.8) is 0 Å². The second-order valence-electron chi connectivity index (χ2n) is 6.99. The van der Waals surface area contributed by atoms with Gasteiger partial charge < -0.3 is 15.2 Å². The van der Waals surface area contributed by atoms with Gasteiger partial charge in [0.05, 0.1) is 0 Å². The molecule has 1 aliphatic rings. The Balaban J connectivity index is 1.59. The molecule has 1 aromatic heterocycles. The van der Waals surface area contributed by atoms with Crippen LogP contribution >= 0.6 is 0 Å². The number of rotatable bonds is 5. The number of hydrogen-bond donors (Lipinski definition) is 2. The molecule has 0 radical (unpaired) electrons. The van der Waals surface area contributed by atoms with E-state index in [0.717, 1.165) is 42.4 Å². The van der Waals surface area contributed by atoms with Crippen molar-refractivity contribution in [3.05, 3.63) is 71.9 Å². The lowest BCUT2D eigenvalue weighted by Gasteiger charge is -2.24. The molecular formula is C22H23N3O2. The molecule has 4 rings (SSSR count). The quantitative estimate of drug-likeness (QED) is 0.733. The molecule has 2 heterocycles. The molecule has 5 nitrogen and oxygen atoms in total. The lowest BCUT2D eigenvalue weighted by Crippen LogP contribution is -2.49. The van der Waals surface area contributed by atoms with Crippen molar-refractivity contribution < 1.29 is 9.59 Å². The van der Waals surface area contributed by atoms with Gasteiger partial charge in [0, 0.05) is 42.2 Å². The molecule has 0 unspecified atom stereocenters. The van der Waals surface area contributed by atoms with Crippen molar-refractivity contribution in [2.45, 2.75) is 25.3 Å². The minimum absolute atomic E-state index is 0.00191. The molecule has 1 saturated heterocycles. The van der Waals surface area contributed by atoms with E-state index in [9.17, 15) is 9.59 Å². The molecule has 0 spiro atoms. The first-order chi connectivity index (χ1) is 13.2. The van der Waals surface area contributed by atoms with Crippen LogP contribution in [0.3, 0.4) is 0 Å². The smallest absolute Gasteiger partial charge is 0.251 e. The zero-order valence-electron chi connectivity index (χ0n) is 15.2. The maximum atomic E-state index is 13.1. The lowest BCUT2D eigenvalue weighted by atomic mass is 10.0. The van der Waals surface area contributed by atoms with Crippen molar-refractivity contribution in [2.75, 3.05) is 13.1 Å². The van der Waals surface area contributed by atoms with Gasteiger partial charge in [-0.3, -0.25) is 9.59 Å². The van der Waals surface area contributed by atoms with E-state index in [-0.39, 0.29) is 11.8 Å². The van der Waals surface area contributed by atoms with E-state index in [1.165, 1.54) is 0 Å². The molecule has 2 amide bonds. The van der Waals surface area contributed by atoms with Gasteiger partial charge in [-0.25, -0.2) is 0 Å². The van der Waals surface area contributed by atoms with E-state index in [0.29, 0.717) is 12.0 Å². The maximum absolute atomic E-state index is 13.1. The standard InChI is InChI=1S/C22H23N3O2/c26-21(16-8-2-1-3-9-16)24-20(22(27)25-12-6-7-13-25)14-17-15-23-19-11-5-4-10-18(17)19/h1-5,8-11,15,20,23H,6-7,12-14H2,(H,24,26)/t20-/m0/s1. The highest BCUT2D eigenvalue weighted by atomic mass is 16.2. The third-order valence-corrected chi connectivity index (χ3v) is 5.16. The second-order valence-corrected chi connectivity index (χ2v) is 6.99. The van der Waals surface area contributed by atoms with Gasteiger partial charge in [-0.2, -0.15) is 0 Å². The molecule has 2 N–H and O–H groups in total. The average Bonchev–Trinajstić information content (AvgIpc) is 3.38. The Labute approximate surface area is 158 Å². The van der Waals surface area contributed by atoms with Gasteiger partial charge in [-0.05, 0) is 36.6 Å². The number of nitrogens with zero attached hydrogens (tertiary/aromatic N) is 1. The first-order valence-corrected chi connectivity index (χ1v) is 9.42. The predicted octanol–water partition coefficient (Wildman–Crippen LogP) is 3.13. The van der Waals surface area contributed by atoms with Gasteiger partial charge in [0.15, 0.2) is 0 Å². The van der Waals surface area contributed by atoms with Crippen LogP contribution in [-0.4, -0.2) is 40.8 Å². The van der Waals surface area contributed by atoms with Crippen LogP contribution in [0.2, 0.25) is 0 Å². The van der Waals surface area contributed by atoms with E-state index in [1.807, 2.05) is 53.6 Å². The summed E-state index contributed by atoms with van der Waals surface area (Å²) in [5.41, 5.74) is 2.64. The normalized spacial score (nSPS) is 15.0. The Bertz CT molecular complexity index is 942. The number of aromatic nitrogens is 1. The predicted molar refractivity (Wildman–Crippen MR) is 106 cm³/mol. The lowest BCUT2D eigenvalue weighted by molar-refractivity contribution is -0.132. The van der Waals surface area contributed by atoms with E-state index in [4.69, 9.17) is 0 Å². The second kappa shape index (κ2) is 7.66. The summed E-state index contributed by atoms with van der Waals surface area (Å²) in [7, 11) is 0. The van der Waals surface area contributed by atoms with Crippen molar-refractivity contribution >= 4 is 22.7 Å². The highest BCUT2D eigenvalue weighted by Crippen LogP contribution is 2.20. The van der Waals surface area contributed by atoms with Crippen LogP contribution in [0.1, 0.15) is 28.8 Å². The van der Waals surface area contributed by atoms with E-state index >= 15 is 0 Å². The van der Waals surface area contributed by atoms with E-state index in [1.54, 1.807) is 12.1 Å². The van der Waals surface area contributed by atoms with Gasteiger partial charge >= 0.3 is 0 Å². The molecule has 1 aliphatic heterocycles. The number of aromatic amines is 1. The molecule has 27 heavy (non-hydrogen) atoms. The monoisotopic (exact) mass is 361 g/mol. The molecule has 138 valence electrons. The van der Waals surface area contributed by atoms with Crippen molar-refractivity contribution in [3.8, 4) is 0 Å². The molecule has 0 bridgehead atoms. The Morgan fingerprint density at radius 1 is 1.00 bits per heavy atom. The number of benzene rings is 2. The molecule has 2 aromatic carbocycles. The van der Waals surface area contributed by atoms with Crippen molar-refractivity contribution in [1.29, 1.82) is 0 Å². The van der Waals surface area contributed by atoms with E-state index < -0.39 is 6.04 Å². The van der Waals surface area contributed by atoms with E-state index in [2.05, 4.69) is 10.3 Å². The number of carbonyl (C=O) groups excluding carboxylic acids is 2. The Kier molecular flexibility index (Phi) is 4.92. The number of para-hydroxylation sites is 1. The number of hydrogen-bond acceptors (Lipinski definition) is 2. The zero-order valence-corrected chi connectivity index (χ0v) is 15.2. The van der Waals surface area contributed by atoms with Gasteiger partial charge in [0.1, 0.15) is 6.04 Å². The topological polar surface area (TPSA) is 65.2 Å². The summed E-state index contributed by atoms with van der Waals surface area (Å²) < 4.78 is 0. The summed E-state index contributed by atoms with van der Waals surface area (Å²) in [6, 6.07) is 16.5. The summed E-state index contributed by atoms with van der Waals surface area (Å²) >= 11 is 0. The summed E-state index contributed by atoms with van der Waals surface area (Å²) in [5, 5.41) is 4.06. The van der Waals surface area contributed by atoms with Gasteiger partial charge in [-0.1, -0.05) is 36.4 Å². The summed E-state index contributed by atoms with van der Waals surface area (Å²) in [6.07, 6.45) is 4.46. The fraction of sp³-hybridized carbons (Fsp3) is 0.273. The van der Waals surface area contributed by atoms with Crippen LogP contribution in [0.4, 0.5) is 0 Å². The minimum Gasteiger partial charge on any atom is -0.361 e. The number of nitrogens with one attached hydrogen (secondary N) is 2. The Hall–Kier alpha value is -3.08. The van der Waals surface area contributed by atoms with Gasteiger partial charge in [0.2, 0.25) is 5.91 Å². The number of amides is 2. The molecular weight excluding hydrogens is 338 g/mol.